The van der Waals surface area contributed by atoms with Gasteiger partial charge in [0.25, 0.3) is 0 Å². The van der Waals surface area contributed by atoms with Crippen molar-refractivity contribution < 1.29 is 9.53 Å². The third-order valence-corrected chi connectivity index (χ3v) is 6.48. The van der Waals surface area contributed by atoms with Crippen molar-refractivity contribution in [3.05, 3.63) is 130 Å². The Morgan fingerprint density at radius 2 is 1.46 bits per heavy atom. The second-order valence-electron chi connectivity index (χ2n) is 8.29. The monoisotopic (exact) mass is 524 g/mol. The minimum Gasteiger partial charge on any atom is -0.465 e. The van der Waals surface area contributed by atoms with Gasteiger partial charge in [-0.25, -0.2) is 4.79 Å². The number of hydrogen-bond acceptors (Lipinski definition) is 3. The Hall–Kier alpha value is -4.12. The molecule has 0 atom stereocenters. The zero-order valence-corrected chi connectivity index (χ0v) is 21.4. The first-order valence-corrected chi connectivity index (χ1v) is 12.3. The lowest BCUT2D eigenvalue weighted by Gasteiger charge is -2.15. The summed E-state index contributed by atoms with van der Waals surface area (Å²) in [5.74, 6) is -0.377. The molecule has 5 rings (SSSR count). The first-order valence-electron chi connectivity index (χ1n) is 11.6. The normalized spacial score (nSPS) is 11.1. The topological polar surface area (TPSA) is 43.6 Å². The molecule has 0 fully saturated rings. The van der Waals surface area contributed by atoms with Crippen molar-refractivity contribution in [3.63, 3.8) is 0 Å². The van der Waals surface area contributed by atoms with Crippen LogP contribution >= 0.6 is 23.2 Å². The third-order valence-electron chi connectivity index (χ3n) is 5.95. The van der Waals surface area contributed by atoms with Gasteiger partial charge in [0, 0.05) is 22.5 Å². The van der Waals surface area contributed by atoms with Crippen molar-refractivity contribution in [3.8, 4) is 28.2 Å². The molecule has 0 N–H and O–H groups in total. The van der Waals surface area contributed by atoms with E-state index in [-0.39, 0.29) is 5.97 Å². The second-order valence-corrected chi connectivity index (χ2v) is 9.14. The Morgan fingerprint density at radius 1 is 0.811 bits per heavy atom. The molecule has 1 heterocycles. The summed E-state index contributed by atoms with van der Waals surface area (Å²) >= 11 is 12.5. The molecule has 4 aromatic carbocycles. The van der Waals surface area contributed by atoms with E-state index in [2.05, 4.69) is 34.9 Å². The van der Waals surface area contributed by atoms with Gasteiger partial charge in [-0.3, -0.25) is 4.99 Å². The van der Waals surface area contributed by atoms with Gasteiger partial charge in [-0.05, 0) is 59.7 Å². The summed E-state index contributed by atoms with van der Waals surface area (Å²) in [6.07, 6.45) is 1.82. The lowest BCUT2D eigenvalue weighted by atomic mass is 10.1. The number of hydrogen-bond donors (Lipinski definition) is 0. The van der Waals surface area contributed by atoms with Crippen molar-refractivity contribution >= 4 is 41.1 Å². The van der Waals surface area contributed by atoms with Crippen LogP contribution < -0.4 is 0 Å². The van der Waals surface area contributed by atoms with Crippen LogP contribution in [0.2, 0.25) is 10.0 Å². The molecular formula is C31H22Cl2N2O2. The maximum Gasteiger partial charge on any atom is 0.337 e. The molecule has 0 aliphatic heterocycles. The highest BCUT2D eigenvalue weighted by Gasteiger charge is 2.19. The molecule has 0 bridgehead atoms. The van der Waals surface area contributed by atoms with Crippen LogP contribution in [0.1, 0.15) is 15.9 Å². The number of aromatic nitrogens is 1. The number of rotatable bonds is 6. The highest BCUT2D eigenvalue weighted by atomic mass is 35.5. The van der Waals surface area contributed by atoms with Crippen LogP contribution in [-0.2, 0) is 4.74 Å². The van der Waals surface area contributed by atoms with Crippen LogP contribution in [0.25, 0.3) is 28.2 Å². The van der Waals surface area contributed by atoms with Crippen LogP contribution in [0, 0.1) is 0 Å². The average molecular weight is 525 g/mol. The zero-order valence-electron chi connectivity index (χ0n) is 19.9. The van der Waals surface area contributed by atoms with Gasteiger partial charge in [0.2, 0.25) is 0 Å². The predicted molar refractivity (Wildman–Crippen MR) is 152 cm³/mol. The molecule has 6 heteroatoms. The van der Waals surface area contributed by atoms with E-state index in [1.165, 1.54) is 7.11 Å². The molecule has 37 heavy (non-hydrogen) atoms. The van der Waals surface area contributed by atoms with E-state index >= 15 is 0 Å². The van der Waals surface area contributed by atoms with E-state index in [0.717, 1.165) is 33.8 Å². The molecular weight excluding hydrogens is 503 g/mol. The molecule has 0 aliphatic rings. The molecule has 4 nitrogen and oxygen atoms in total. The van der Waals surface area contributed by atoms with E-state index in [9.17, 15) is 4.79 Å². The smallest absolute Gasteiger partial charge is 0.337 e. The molecule has 182 valence electrons. The molecule has 1 aromatic heterocycles. The first-order chi connectivity index (χ1) is 18.0. The van der Waals surface area contributed by atoms with Crippen LogP contribution in [0.5, 0.6) is 0 Å². The first kappa shape index (κ1) is 24.6. The zero-order chi connectivity index (χ0) is 25.8. The fourth-order valence-electron chi connectivity index (χ4n) is 4.20. The highest BCUT2D eigenvalue weighted by Crippen LogP contribution is 2.36. The largest absolute Gasteiger partial charge is 0.465 e. The van der Waals surface area contributed by atoms with Gasteiger partial charge < -0.3 is 9.30 Å². The van der Waals surface area contributed by atoms with Gasteiger partial charge in [-0.1, -0.05) is 83.9 Å². The lowest BCUT2D eigenvalue weighted by Crippen LogP contribution is -2.03. The molecule has 0 aliphatic carbocycles. The predicted octanol–water partition coefficient (Wildman–Crippen LogP) is 8.66. The SMILES string of the molecule is COC(=O)c1ccc(-n2c(-c3ccccc3)cc(C=Nc3ccc(Cl)cc3Cl)c2-c2ccccc2)cc1. The Balaban J connectivity index is 1.75. The summed E-state index contributed by atoms with van der Waals surface area (Å²) in [6.45, 7) is 0. The van der Waals surface area contributed by atoms with Crippen molar-refractivity contribution in [2.24, 2.45) is 4.99 Å². The van der Waals surface area contributed by atoms with Crippen LogP contribution in [0.15, 0.2) is 114 Å². The number of ether oxygens (including phenoxy) is 1. The minimum atomic E-state index is -0.377. The fourth-order valence-corrected chi connectivity index (χ4v) is 4.66. The average Bonchev–Trinajstić information content (AvgIpc) is 3.32. The molecule has 0 saturated carbocycles. The number of aliphatic imine (C=N–C) groups is 1. The molecule has 0 saturated heterocycles. The summed E-state index contributed by atoms with van der Waals surface area (Å²) < 4.78 is 7.06. The molecule has 0 spiro atoms. The standard InChI is InChI=1S/C31H22Cl2N2O2/c1-37-31(36)23-12-15-26(16-13-23)35-29(21-8-4-2-5-9-21)18-24(30(35)22-10-6-3-7-11-22)20-34-28-17-14-25(32)19-27(28)33/h2-20H,1H3. The third kappa shape index (κ3) is 5.21. The van der Waals surface area contributed by atoms with E-state index in [4.69, 9.17) is 32.9 Å². The summed E-state index contributed by atoms with van der Waals surface area (Å²) in [6, 6.07) is 35.0. The lowest BCUT2D eigenvalue weighted by molar-refractivity contribution is 0.0600. The molecule has 0 radical (unpaired) electrons. The minimum absolute atomic E-state index is 0.377. The Bertz CT molecular complexity index is 1580. The second kappa shape index (κ2) is 10.9. The molecule has 0 unspecified atom stereocenters. The number of benzene rings is 4. The van der Waals surface area contributed by atoms with Gasteiger partial charge in [0.1, 0.15) is 0 Å². The Morgan fingerprint density at radius 3 is 2.08 bits per heavy atom. The van der Waals surface area contributed by atoms with Gasteiger partial charge in [0.15, 0.2) is 0 Å². The van der Waals surface area contributed by atoms with Crippen LogP contribution in [0.3, 0.4) is 0 Å². The Kier molecular flexibility index (Phi) is 7.22. The van der Waals surface area contributed by atoms with Gasteiger partial charge in [-0.2, -0.15) is 0 Å². The molecule has 0 amide bonds. The molecule has 5 aromatic rings. The maximum absolute atomic E-state index is 12.0. The Labute approximate surface area is 225 Å². The number of nitrogens with zero attached hydrogens (tertiary/aromatic N) is 2. The van der Waals surface area contributed by atoms with E-state index < -0.39 is 0 Å². The summed E-state index contributed by atoms with van der Waals surface area (Å²) in [4.78, 5) is 16.7. The number of carbonyl (C=O) groups excluding carboxylic acids is 1. The summed E-state index contributed by atoms with van der Waals surface area (Å²) in [5.41, 5.74) is 6.92. The number of carbonyl (C=O) groups is 1. The number of halogens is 2. The highest BCUT2D eigenvalue weighted by molar-refractivity contribution is 6.36. The van der Waals surface area contributed by atoms with Gasteiger partial charge in [-0.15, -0.1) is 0 Å². The summed E-state index contributed by atoms with van der Waals surface area (Å²) in [7, 11) is 1.38. The van der Waals surface area contributed by atoms with Gasteiger partial charge in [0.05, 0.1) is 34.8 Å². The van der Waals surface area contributed by atoms with Crippen LogP contribution in [-0.4, -0.2) is 23.9 Å². The maximum atomic E-state index is 12.0. The fraction of sp³-hybridized carbons (Fsp3) is 0.0323. The quantitative estimate of drug-likeness (QED) is 0.165. The van der Waals surface area contributed by atoms with Crippen LogP contribution in [0.4, 0.5) is 5.69 Å². The van der Waals surface area contributed by atoms with E-state index in [1.54, 1.807) is 30.3 Å². The van der Waals surface area contributed by atoms with Crippen molar-refractivity contribution in [1.82, 2.24) is 4.57 Å². The van der Waals surface area contributed by atoms with E-state index in [1.807, 2.05) is 54.7 Å². The number of esters is 1. The number of methoxy groups -OCH3 is 1. The van der Waals surface area contributed by atoms with Crippen molar-refractivity contribution in [2.75, 3.05) is 7.11 Å². The van der Waals surface area contributed by atoms with E-state index in [0.29, 0.717) is 21.3 Å². The van der Waals surface area contributed by atoms with Crippen molar-refractivity contribution in [2.45, 2.75) is 0 Å². The van der Waals surface area contributed by atoms with Crippen molar-refractivity contribution in [1.29, 1.82) is 0 Å². The van der Waals surface area contributed by atoms with Gasteiger partial charge >= 0.3 is 5.97 Å². The summed E-state index contributed by atoms with van der Waals surface area (Å²) in [5, 5.41) is 1.04.